The van der Waals surface area contributed by atoms with Gasteiger partial charge >= 0.3 is 0 Å². The summed E-state index contributed by atoms with van der Waals surface area (Å²) in [5, 5.41) is 0. The quantitative estimate of drug-likeness (QED) is 0.498. The highest BCUT2D eigenvalue weighted by Gasteiger charge is 2.36. The van der Waals surface area contributed by atoms with Crippen molar-refractivity contribution in [2.75, 3.05) is 0 Å². The van der Waals surface area contributed by atoms with Gasteiger partial charge in [0.25, 0.3) is 0 Å². The molecule has 1 heteroatoms. The molecule has 2 aliphatic carbocycles. The summed E-state index contributed by atoms with van der Waals surface area (Å²) in [6, 6.07) is 0.578. The molecule has 0 aliphatic heterocycles. The smallest absolute Gasteiger partial charge is 0.00699 e. The van der Waals surface area contributed by atoms with E-state index < -0.39 is 0 Å². The molecule has 0 aromatic carbocycles. The minimum Gasteiger partial charge on any atom is -0.327 e. The zero-order valence-corrected chi connectivity index (χ0v) is 5.14. The molecule has 0 heterocycles. The van der Waals surface area contributed by atoms with Gasteiger partial charge in [0.15, 0.2) is 0 Å². The molecule has 2 fully saturated rings. The predicted molar refractivity (Wildman–Crippen MR) is 33.4 cm³/mol. The van der Waals surface area contributed by atoms with E-state index in [0.717, 1.165) is 11.8 Å². The highest BCUT2D eigenvalue weighted by Crippen LogP contribution is 2.43. The molecular formula is C7H13N. The van der Waals surface area contributed by atoms with E-state index in [9.17, 15) is 0 Å². The SMILES string of the molecule is N[C@@H]1C[C@H]2CC[C@@H]1C2. The third kappa shape index (κ3) is 0.510. The first-order valence-corrected chi connectivity index (χ1v) is 3.62. The molecule has 0 saturated heterocycles. The van der Waals surface area contributed by atoms with Gasteiger partial charge in [-0.3, -0.25) is 0 Å². The fraction of sp³-hybridized carbons (Fsp3) is 1.00. The van der Waals surface area contributed by atoms with Crippen LogP contribution in [0.4, 0.5) is 0 Å². The molecule has 2 bridgehead atoms. The first kappa shape index (κ1) is 4.80. The van der Waals surface area contributed by atoms with Crippen molar-refractivity contribution < 1.29 is 0 Å². The Morgan fingerprint density at radius 3 is 2.25 bits per heavy atom. The van der Waals surface area contributed by atoms with E-state index in [4.69, 9.17) is 5.73 Å². The molecule has 2 N–H and O–H groups in total. The van der Waals surface area contributed by atoms with Crippen molar-refractivity contribution in [2.24, 2.45) is 17.6 Å². The lowest BCUT2D eigenvalue weighted by Crippen LogP contribution is -2.26. The summed E-state index contributed by atoms with van der Waals surface area (Å²) >= 11 is 0. The topological polar surface area (TPSA) is 26.0 Å². The molecule has 0 unspecified atom stereocenters. The van der Waals surface area contributed by atoms with Gasteiger partial charge in [0.05, 0.1) is 0 Å². The number of hydrogen-bond acceptors (Lipinski definition) is 1. The summed E-state index contributed by atoms with van der Waals surface area (Å²) in [5.74, 6) is 1.94. The average molecular weight is 111 g/mol. The Morgan fingerprint density at radius 1 is 1.12 bits per heavy atom. The Hall–Kier alpha value is -0.0400. The zero-order chi connectivity index (χ0) is 5.56. The largest absolute Gasteiger partial charge is 0.327 e. The van der Waals surface area contributed by atoms with Crippen LogP contribution in [-0.2, 0) is 0 Å². The van der Waals surface area contributed by atoms with E-state index in [1.807, 2.05) is 0 Å². The molecule has 0 spiro atoms. The highest BCUT2D eigenvalue weighted by atomic mass is 14.7. The van der Waals surface area contributed by atoms with Crippen molar-refractivity contribution in [1.82, 2.24) is 0 Å². The van der Waals surface area contributed by atoms with E-state index in [1.54, 1.807) is 0 Å². The van der Waals surface area contributed by atoms with Gasteiger partial charge in [0.2, 0.25) is 0 Å². The lowest BCUT2D eigenvalue weighted by molar-refractivity contribution is 0.418. The number of fused-ring (bicyclic) bond motifs is 2. The second-order valence-corrected chi connectivity index (χ2v) is 3.34. The first-order chi connectivity index (χ1) is 3.86. The molecule has 1 nitrogen and oxygen atoms in total. The van der Waals surface area contributed by atoms with Crippen LogP contribution in [-0.4, -0.2) is 6.04 Å². The highest BCUT2D eigenvalue weighted by molar-refractivity contribution is 4.91. The Kier molecular flexibility index (Phi) is 0.884. The summed E-state index contributed by atoms with van der Waals surface area (Å²) in [5.41, 5.74) is 5.82. The standard InChI is InChI=1S/C7H13N/c8-7-4-5-1-2-6(7)3-5/h5-7H,1-4,8H2/t5-,6+,7+/m0/s1. The van der Waals surface area contributed by atoms with Crippen LogP contribution in [0, 0.1) is 11.8 Å². The zero-order valence-electron chi connectivity index (χ0n) is 5.14. The summed E-state index contributed by atoms with van der Waals surface area (Å²) in [6.07, 6.45) is 5.66. The van der Waals surface area contributed by atoms with Crippen molar-refractivity contribution >= 4 is 0 Å². The van der Waals surface area contributed by atoms with Crippen LogP contribution < -0.4 is 5.73 Å². The second-order valence-electron chi connectivity index (χ2n) is 3.34. The van der Waals surface area contributed by atoms with Crippen molar-refractivity contribution in [3.05, 3.63) is 0 Å². The van der Waals surface area contributed by atoms with Crippen LogP contribution in [0.15, 0.2) is 0 Å². The van der Waals surface area contributed by atoms with E-state index in [-0.39, 0.29) is 0 Å². The van der Waals surface area contributed by atoms with Crippen LogP contribution in [0.2, 0.25) is 0 Å². The monoisotopic (exact) mass is 111 g/mol. The Balaban J connectivity index is 2.11. The predicted octanol–water partition coefficient (Wildman–Crippen LogP) is 1.13. The summed E-state index contributed by atoms with van der Waals surface area (Å²) < 4.78 is 0. The molecule has 0 radical (unpaired) electrons. The van der Waals surface area contributed by atoms with E-state index in [0.29, 0.717) is 6.04 Å². The van der Waals surface area contributed by atoms with Crippen LogP contribution in [0.25, 0.3) is 0 Å². The Bertz CT molecular complexity index is 98.6. The van der Waals surface area contributed by atoms with Gasteiger partial charge in [0.1, 0.15) is 0 Å². The van der Waals surface area contributed by atoms with E-state index >= 15 is 0 Å². The lowest BCUT2D eigenvalue weighted by atomic mass is 9.96. The van der Waals surface area contributed by atoms with Crippen molar-refractivity contribution in [3.8, 4) is 0 Å². The van der Waals surface area contributed by atoms with Gasteiger partial charge in [-0.05, 0) is 31.1 Å². The Labute approximate surface area is 50.3 Å². The normalized spacial score (nSPS) is 52.9. The van der Waals surface area contributed by atoms with Gasteiger partial charge in [-0.2, -0.15) is 0 Å². The molecular weight excluding hydrogens is 98.1 g/mol. The second kappa shape index (κ2) is 1.47. The fourth-order valence-corrected chi connectivity index (χ4v) is 2.29. The molecule has 46 valence electrons. The number of nitrogens with two attached hydrogens (primary N) is 1. The molecule has 0 amide bonds. The average Bonchev–Trinajstić information content (AvgIpc) is 2.23. The fourth-order valence-electron chi connectivity index (χ4n) is 2.29. The number of hydrogen-bond donors (Lipinski definition) is 1. The first-order valence-electron chi connectivity index (χ1n) is 3.62. The van der Waals surface area contributed by atoms with Gasteiger partial charge in [0, 0.05) is 6.04 Å². The third-order valence-corrected chi connectivity index (χ3v) is 2.79. The van der Waals surface area contributed by atoms with Crippen LogP contribution in [0.1, 0.15) is 25.7 Å². The summed E-state index contributed by atoms with van der Waals surface area (Å²) in [6.45, 7) is 0. The van der Waals surface area contributed by atoms with Crippen molar-refractivity contribution in [3.63, 3.8) is 0 Å². The van der Waals surface area contributed by atoms with Gasteiger partial charge in [-0.1, -0.05) is 6.42 Å². The van der Waals surface area contributed by atoms with Crippen LogP contribution in [0.3, 0.4) is 0 Å². The number of rotatable bonds is 0. The molecule has 2 saturated carbocycles. The van der Waals surface area contributed by atoms with Crippen molar-refractivity contribution in [1.29, 1.82) is 0 Å². The molecule has 2 rings (SSSR count). The maximum atomic E-state index is 5.82. The minimum atomic E-state index is 0.578. The molecule has 0 aromatic heterocycles. The van der Waals surface area contributed by atoms with E-state index in [2.05, 4.69) is 0 Å². The molecule has 0 aromatic rings. The van der Waals surface area contributed by atoms with Gasteiger partial charge in [-0.15, -0.1) is 0 Å². The summed E-state index contributed by atoms with van der Waals surface area (Å²) in [4.78, 5) is 0. The van der Waals surface area contributed by atoms with Crippen LogP contribution >= 0.6 is 0 Å². The maximum Gasteiger partial charge on any atom is 0.00699 e. The van der Waals surface area contributed by atoms with Gasteiger partial charge < -0.3 is 5.73 Å². The maximum absolute atomic E-state index is 5.82. The van der Waals surface area contributed by atoms with E-state index in [1.165, 1.54) is 25.7 Å². The van der Waals surface area contributed by atoms with Gasteiger partial charge in [-0.25, -0.2) is 0 Å². The summed E-state index contributed by atoms with van der Waals surface area (Å²) in [7, 11) is 0. The lowest BCUT2D eigenvalue weighted by Gasteiger charge is -2.15. The third-order valence-electron chi connectivity index (χ3n) is 2.79. The Morgan fingerprint density at radius 2 is 2.00 bits per heavy atom. The van der Waals surface area contributed by atoms with Crippen LogP contribution in [0.5, 0.6) is 0 Å². The molecule has 3 atom stereocenters. The van der Waals surface area contributed by atoms with Crippen molar-refractivity contribution in [2.45, 2.75) is 31.7 Å². The molecule has 8 heavy (non-hydrogen) atoms. The molecule has 2 aliphatic rings. The minimum absolute atomic E-state index is 0.578.